The summed E-state index contributed by atoms with van der Waals surface area (Å²) in [7, 11) is 0. The lowest BCUT2D eigenvalue weighted by atomic mass is 10.0. The van der Waals surface area contributed by atoms with Gasteiger partial charge in [0, 0.05) is 6.20 Å². The number of carbonyl (C=O) groups is 3. The van der Waals surface area contributed by atoms with Gasteiger partial charge in [0.25, 0.3) is 0 Å². The Kier molecular flexibility index (Phi) is 5.75. The van der Waals surface area contributed by atoms with E-state index in [1.165, 1.54) is 18.3 Å². The van der Waals surface area contributed by atoms with Gasteiger partial charge in [0.1, 0.15) is 11.8 Å². The van der Waals surface area contributed by atoms with Crippen molar-refractivity contribution in [2.24, 2.45) is 0 Å². The molecule has 1 aliphatic rings. The van der Waals surface area contributed by atoms with E-state index in [4.69, 9.17) is 21.1 Å². The third-order valence-electron chi connectivity index (χ3n) is 3.18. The number of carbonyl (C=O) groups excluding carboxylic acids is 3. The molecule has 2 heterocycles. The van der Waals surface area contributed by atoms with Crippen LogP contribution >= 0.6 is 11.6 Å². The van der Waals surface area contributed by atoms with Crippen molar-refractivity contribution in [2.75, 3.05) is 13.2 Å². The zero-order chi connectivity index (χ0) is 17.7. The SMILES string of the molecule is CCOC(=O)C1=C(COC(=O)c2ccc(Cl)nc2)NC(=O)N[C@@H]1C. The topological polar surface area (TPSA) is 107 Å². The lowest BCUT2D eigenvalue weighted by molar-refractivity contribution is -0.139. The Labute approximate surface area is 143 Å². The van der Waals surface area contributed by atoms with Crippen molar-refractivity contribution in [3.8, 4) is 0 Å². The largest absolute Gasteiger partial charge is 0.463 e. The van der Waals surface area contributed by atoms with Crippen LogP contribution in [0.25, 0.3) is 0 Å². The van der Waals surface area contributed by atoms with Gasteiger partial charge in [0.05, 0.1) is 29.5 Å². The summed E-state index contributed by atoms with van der Waals surface area (Å²) in [6, 6.07) is 1.86. The number of urea groups is 1. The minimum absolute atomic E-state index is 0.181. The van der Waals surface area contributed by atoms with Crippen LogP contribution in [-0.4, -0.2) is 42.2 Å². The molecule has 1 aromatic heterocycles. The maximum absolute atomic E-state index is 12.0. The smallest absolute Gasteiger partial charge is 0.340 e. The van der Waals surface area contributed by atoms with Crippen LogP contribution in [-0.2, 0) is 14.3 Å². The fourth-order valence-corrected chi connectivity index (χ4v) is 2.22. The van der Waals surface area contributed by atoms with Crippen molar-refractivity contribution in [2.45, 2.75) is 19.9 Å². The van der Waals surface area contributed by atoms with E-state index in [0.717, 1.165) is 0 Å². The molecule has 128 valence electrons. The molecule has 2 rings (SSSR count). The Hall–Kier alpha value is -2.61. The molecule has 0 spiro atoms. The lowest BCUT2D eigenvalue weighted by Gasteiger charge is -2.26. The summed E-state index contributed by atoms with van der Waals surface area (Å²) in [4.78, 5) is 39.4. The summed E-state index contributed by atoms with van der Waals surface area (Å²) in [5, 5.41) is 5.27. The predicted octanol–water partition coefficient (Wildman–Crippen LogP) is 1.41. The Morgan fingerprint density at radius 2 is 2.04 bits per heavy atom. The van der Waals surface area contributed by atoms with Gasteiger partial charge in [-0.3, -0.25) is 0 Å². The van der Waals surface area contributed by atoms with Crippen molar-refractivity contribution < 1.29 is 23.9 Å². The zero-order valence-corrected chi connectivity index (χ0v) is 13.8. The van der Waals surface area contributed by atoms with Gasteiger partial charge < -0.3 is 20.1 Å². The first-order chi connectivity index (χ1) is 11.4. The maximum Gasteiger partial charge on any atom is 0.340 e. The van der Waals surface area contributed by atoms with Crippen LogP contribution in [0.5, 0.6) is 0 Å². The van der Waals surface area contributed by atoms with Crippen LogP contribution < -0.4 is 10.6 Å². The van der Waals surface area contributed by atoms with Gasteiger partial charge in [-0.05, 0) is 26.0 Å². The monoisotopic (exact) mass is 353 g/mol. The average molecular weight is 354 g/mol. The van der Waals surface area contributed by atoms with E-state index in [-0.39, 0.29) is 35.2 Å². The number of halogens is 1. The third-order valence-corrected chi connectivity index (χ3v) is 3.40. The Morgan fingerprint density at radius 3 is 2.67 bits per heavy atom. The maximum atomic E-state index is 12.0. The molecule has 1 atom stereocenters. The standard InChI is InChI=1S/C15H16ClN3O5/c1-3-23-14(21)12-8(2)18-15(22)19-10(12)7-24-13(20)9-4-5-11(16)17-6-9/h4-6,8H,3,7H2,1-2H3,(H2,18,19,22)/t8-/m1/s1. The summed E-state index contributed by atoms with van der Waals surface area (Å²) in [6.45, 7) is 3.21. The van der Waals surface area contributed by atoms with Crippen molar-refractivity contribution in [3.63, 3.8) is 0 Å². The molecule has 0 aliphatic carbocycles. The van der Waals surface area contributed by atoms with Gasteiger partial charge in [-0.15, -0.1) is 0 Å². The second-order valence-corrected chi connectivity index (χ2v) is 5.27. The molecule has 0 unspecified atom stereocenters. The van der Waals surface area contributed by atoms with Gasteiger partial charge in [-0.1, -0.05) is 11.6 Å². The second kappa shape index (κ2) is 7.78. The fourth-order valence-electron chi connectivity index (χ4n) is 2.11. The van der Waals surface area contributed by atoms with Crippen LogP contribution in [0.4, 0.5) is 4.79 Å². The van der Waals surface area contributed by atoms with Crippen molar-refractivity contribution >= 4 is 29.6 Å². The molecule has 0 saturated heterocycles. The molecule has 9 heteroatoms. The fraction of sp³-hybridized carbons (Fsp3) is 0.333. The highest BCUT2D eigenvalue weighted by molar-refractivity contribution is 6.29. The number of nitrogens with zero attached hydrogens (tertiary/aromatic N) is 1. The number of aromatic nitrogens is 1. The van der Waals surface area contributed by atoms with Crippen molar-refractivity contribution in [1.29, 1.82) is 0 Å². The first-order valence-corrected chi connectivity index (χ1v) is 7.56. The first kappa shape index (κ1) is 17.7. The molecule has 2 N–H and O–H groups in total. The molecule has 1 aromatic rings. The van der Waals surface area contributed by atoms with Crippen LogP contribution in [0.1, 0.15) is 24.2 Å². The minimum atomic E-state index is -0.657. The molecule has 0 bridgehead atoms. The van der Waals surface area contributed by atoms with Crippen molar-refractivity contribution in [3.05, 3.63) is 40.3 Å². The lowest BCUT2D eigenvalue weighted by Crippen LogP contribution is -2.50. The van der Waals surface area contributed by atoms with Gasteiger partial charge >= 0.3 is 18.0 Å². The number of hydrogen-bond donors (Lipinski definition) is 2. The molecule has 8 nitrogen and oxygen atoms in total. The van der Waals surface area contributed by atoms with Gasteiger partial charge in [0.2, 0.25) is 0 Å². The van der Waals surface area contributed by atoms with E-state index < -0.39 is 24.0 Å². The molecule has 0 saturated carbocycles. The molecular weight excluding hydrogens is 338 g/mol. The van der Waals surface area contributed by atoms with E-state index >= 15 is 0 Å². The number of pyridine rings is 1. The van der Waals surface area contributed by atoms with E-state index in [0.29, 0.717) is 0 Å². The van der Waals surface area contributed by atoms with E-state index in [9.17, 15) is 14.4 Å². The molecule has 2 amide bonds. The normalized spacial score (nSPS) is 17.0. The number of hydrogen-bond acceptors (Lipinski definition) is 6. The molecule has 0 radical (unpaired) electrons. The minimum Gasteiger partial charge on any atom is -0.463 e. The summed E-state index contributed by atoms with van der Waals surface area (Å²) < 4.78 is 10.1. The van der Waals surface area contributed by atoms with E-state index in [2.05, 4.69) is 15.6 Å². The van der Waals surface area contributed by atoms with Gasteiger partial charge in [0.15, 0.2) is 0 Å². The van der Waals surface area contributed by atoms with Crippen LogP contribution in [0.15, 0.2) is 29.6 Å². The highest BCUT2D eigenvalue weighted by Crippen LogP contribution is 2.15. The highest BCUT2D eigenvalue weighted by Gasteiger charge is 2.30. The van der Waals surface area contributed by atoms with Crippen LogP contribution in [0.2, 0.25) is 5.15 Å². The van der Waals surface area contributed by atoms with Gasteiger partial charge in [-0.25, -0.2) is 19.4 Å². The summed E-state index contributed by atoms with van der Waals surface area (Å²) in [5.74, 6) is -1.24. The summed E-state index contributed by atoms with van der Waals surface area (Å²) in [5.41, 5.74) is 0.587. The quantitative estimate of drug-likeness (QED) is 0.612. The first-order valence-electron chi connectivity index (χ1n) is 7.18. The highest BCUT2D eigenvalue weighted by atomic mass is 35.5. The van der Waals surface area contributed by atoms with E-state index in [1.54, 1.807) is 13.8 Å². The molecule has 0 fully saturated rings. The number of nitrogens with one attached hydrogen (secondary N) is 2. The molecular formula is C15H16ClN3O5. The Bertz CT molecular complexity index is 687. The molecule has 0 aromatic carbocycles. The molecule has 24 heavy (non-hydrogen) atoms. The Morgan fingerprint density at radius 1 is 1.29 bits per heavy atom. The Balaban J connectivity index is 2.15. The average Bonchev–Trinajstić information content (AvgIpc) is 2.52. The third kappa shape index (κ3) is 4.23. The summed E-state index contributed by atoms with van der Waals surface area (Å²) in [6.07, 6.45) is 1.27. The molecule has 1 aliphatic heterocycles. The number of amides is 2. The predicted molar refractivity (Wildman–Crippen MR) is 84.3 cm³/mol. The van der Waals surface area contributed by atoms with Crippen molar-refractivity contribution in [1.82, 2.24) is 15.6 Å². The number of ether oxygens (including phenoxy) is 2. The number of esters is 2. The number of rotatable bonds is 5. The van der Waals surface area contributed by atoms with Crippen LogP contribution in [0, 0.1) is 0 Å². The zero-order valence-electron chi connectivity index (χ0n) is 13.1. The van der Waals surface area contributed by atoms with Crippen LogP contribution in [0.3, 0.4) is 0 Å². The summed E-state index contributed by atoms with van der Waals surface area (Å²) >= 11 is 5.65. The van der Waals surface area contributed by atoms with E-state index in [1.807, 2.05) is 0 Å². The van der Waals surface area contributed by atoms with Gasteiger partial charge in [-0.2, -0.15) is 0 Å². The second-order valence-electron chi connectivity index (χ2n) is 4.88.